The minimum atomic E-state index is -0.421. The third-order valence-electron chi connectivity index (χ3n) is 6.51. The van der Waals surface area contributed by atoms with Crippen LogP contribution in [0.15, 0.2) is 21.7 Å². The molecule has 0 amide bonds. The first-order chi connectivity index (χ1) is 12.0. The minimum absolute atomic E-state index is 0.293. The fourth-order valence-electron chi connectivity index (χ4n) is 4.49. The van der Waals surface area contributed by atoms with Gasteiger partial charge in [-0.3, -0.25) is 13.9 Å². The summed E-state index contributed by atoms with van der Waals surface area (Å²) in [7, 11) is 1.47. The molecule has 0 radical (unpaired) electrons. The van der Waals surface area contributed by atoms with Gasteiger partial charge in [-0.2, -0.15) is 0 Å². The Morgan fingerprint density at radius 3 is 2.48 bits per heavy atom. The van der Waals surface area contributed by atoms with Gasteiger partial charge in [-0.25, -0.2) is 9.18 Å². The van der Waals surface area contributed by atoms with Crippen LogP contribution in [-0.4, -0.2) is 22.2 Å². The van der Waals surface area contributed by atoms with Crippen molar-refractivity contribution in [1.82, 2.24) is 9.13 Å². The summed E-state index contributed by atoms with van der Waals surface area (Å²) in [5, 5.41) is 0.293. The fraction of sp³-hybridized carbons (Fsp3) is 0.579. The van der Waals surface area contributed by atoms with E-state index in [2.05, 4.69) is 11.8 Å². The molecule has 5 rings (SSSR count). The Bertz CT molecular complexity index is 992. The van der Waals surface area contributed by atoms with Gasteiger partial charge in [-0.1, -0.05) is 6.92 Å². The highest BCUT2D eigenvalue weighted by atomic mass is 19.1. The Hall–Kier alpha value is -2.11. The van der Waals surface area contributed by atoms with Crippen molar-refractivity contribution >= 4 is 16.6 Å². The average Bonchev–Trinajstić information content (AvgIpc) is 3.47. The van der Waals surface area contributed by atoms with E-state index in [1.807, 2.05) is 0 Å². The van der Waals surface area contributed by atoms with Crippen LogP contribution in [0.3, 0.4) is 0 Å². The lowest BCUT2D eigenvalue weighted by Crippen LogP contribution is -2.38. The molecule has 1 aromatic heterocycles. The molecule has 1 unspecified atom stereocenters. The predicted molar refractivity (Wildman–Crippen MR) is 94.5 cm³/mol. The van der Waals surface area contributed by atoms with Gasteiger partial charge in [0, 0.05) is 26.7 Å². The summed E-state index contributed by atoms with van der Waals surface area (Å²) in [4.78, 5) is 27.1. The van der Waals surface area contributed by atoms with E-state index in [0.717, 1.165) is 36.4 Å². The molecule has 132 valence electrons. The van der Waals surface area contributed by atoms with E-state index in [4.69, 9.17) is 0 Å². The fourth-order valence-corrected chi connectivity index (χ4v) is 4.49. The molecular formula is C19H22FN3O2. The number of anilines is 1. The van der Waals surface area contributed by atoms with Gasteiger partial charge in [0.1, 0.15) is 5.82 Å². The van der Waals surface area contributed by atoms with Crippen LogP contribution in [0.4, 0.5) is 10.1 Å². The number of hydrogen-bond donors (Lipinski definition) is 0. The summed E-state index contributed by atoms with van der Waals surface area (Å²) in [5.41, 5.74) is 0.379. The first-order valence-corrected chi connectivity index (χ1v) is 9.13. The zero-order valence-corrected chi connectivity index (χ0v) is 14.5. The number of fused-ring (bicyclic) bond motifs is 2. The van der Waals surface area contributed by atoms with Gasteiger partial charge in [0.15, 0.2) is 0 Å². The predicted octanol–water partition coefficient (Wildman–Crippen LogP) is 1.95. The van der Waals surface area contributed by atoms with Crippen molar-refractivity contribution in [2.45, 2.75) is 26.3 Å². The summed E-state index contributed by atoms with van der Waals surface area (Å²) in [6.07, 6.45) is 2.22. The average molecular weight is 343 g/mol. The van der Waals surface area contributed by atoms with Crippen molar-refractivity contribution < 1.29 is 4.39 Å². The molecular weight excluding hydrogens is 321 g/mol. The first-order valence-electron chi connectivity index (χ1n) is 9.13. The van der Waals surface area contributed by atoms with Gasteiger partial charge in [-0.15, -0.1) is 0 Å². The van der Waals surface area contributed by atoms with Crippen molar-refractivity contribution in [3.8, 4) is 0 Å². The molecule has 1 aliphatic heterocycles. The molecule has 6 heteroatoms. The topological polar surface area (TPSA) is 47.2 Å². The number of piperidine rings is 1. The summed E-state index contributed by atoms with van der Waals surface area (Å²) in [5.74, 6) is 2.18. The molecule has 1 aromatic carbocycles. The van der Waals surface area contributed by atoms with Crippen LogP contribution in [0.2, 0.25) is 0 Å². The van der Waals surface area contributed by atoms with Crippen molar-refractivity contribution in [2.75, 3.05) is 18.0 Å². The minimum Gasteiger partial charge on any atom is -0.369 e. The highest BCUT2D eigenvalue weighted by Gasteiger charge is 2.53. The number of hydrogen-bond acceptors (Lipinski definition) is 3. The number of aromatic nitrogens is 2. The van der Waals surface area contributed by atoms with Crippen molar-refractivity contribution in [3.05, 3.63) is 38.8 Å². The van der Waals surface area contributed by atoms with Crippen molar-refractivity contribution in [2.24, 2.45) is 30.7 Å². The molecule has 3 aliphatic rings. The standard InChI is InChI=1S/C19H22FN3O2/c1-10-13-8-22(9-14(10)13)17-6-16-12(5-15(17)20)18(24)21(2)19(25)23(16)7-11-3-4-11/h5-6,10-11,13-14H,3-4,7-9H2,1-2H3/t10?,13-,14+. The van der Waals surface area contributed by atoms with E-state index in [1.165, 1.54) is 13.1 Å². The molecule has 1 saturated heterocycles. The Morgan fingerprint density at radius 2 is 1.84 bits per heavy atom. The smallest absolute Gasteiger partial charge is 0.331 e. The van der Waals surface area contributed by atoms with E-state index in [9.17, 15) is 14.0 Å². The number of nitrogens with zero attached hydrogens (tertiary/aromatic N) is 3. The van der Waals surface area contributed by atoms with Crippen LogP contribution < -0.4 is 16.1 Å². The van der Waals surface area contributed by atoms with E-state index in [0.29, 0.717) is 40.9 Å². The second-order valence-corrected chi connectivity index (χ2v) is 8.11. The van der Waals surface area contributed by atoms with E-state index in [1.54, 1.807) is 10.6 Å². The van der Waals surface area contributed by atoms with Crippen molar-refractivity contribution in [1.29, 1.82) is 0 Å². The molecule has 3 atom stereocenters. The molecule has 5 nitrogen and oxygen atoms in total. The third-order valence-corrected chi connectivity index (χ3v) is 6.51. The Labute approximate surface area is 144 Å². The van der Waals surface area contributed by atoms with Crippen LogP contribution >= 0.6 is 0 Å². The zero-order valence-electron chi connectivity index (χ0n) is 14.5. The van der Waals surface area contributed by atoms with Gasteiger partial charge in [-0.05, 0) is 48.6 Å². The maximum Gasteiger partial charge on any atom is 0.331 e. The van der Waals surface area contributed by atoms with Crippen LogP contribution in [0.5, 0.6) is 0 Å². The molecule has 0 bridgehead atoms. The Kier molecular flexibility index (Phi) is 3.01. The molecule has 2 saturated carbocycles. The van der Waals surface area contributed by atoms with E-state index < -0.39 is 5.56 Å². The van der Waals surface area contributed by atoms with Gasteiger partial charge in [0.2, 0.25) is 0 Å². The van der Waals surface area contributed by atoms with E-state index in [-0.39, 0.29) is 11.5 Å². The molecule has 3 fully saturated rings. The monoisotopic (exact) mass is 343 g/mol. The second kappa shape index (κ2) is 4.96. The van der Waals surface area contributed by atoms with E-state index >= 15 is 0 Å². The highest BCUT2D eigenvalue weighted by molar-refractivity contribution is 5.82. The number of halogens is 1. The lowest BCUT2D eigenvalue weighted by Gasteiger charge is -2.23. The maximum absolute atomic E-state index is 14.8. The molecule has 2 aliphatic carbocycles. The molecule has 2 aromatic rings. The highest BCUT2D eigenvalue weighted by Crippen LogP contribution is 2.52. The van der Waals surface area contributed by atoms with Crippen LogP contribution in [0.25, 0.3) is 10.9 Å². The number of benzene rings is 1. The SMILES string of the molecule is CC1[C@H]2CN(c3cc4c(cc3F)c(=O)n(C)c(=O)n4CC3CC3)C[C@@H]12. The van der Waals surface area contributed by atoms with Gasteiger partial charge >= 0.3 is 5.69 Å². The third kappa shape index (κ3) is 2.19. The zero-order chi connectivity index (χ0) is 17.5. The molecule has 25 heavy (non-hydrogen) atoms. The summed E-state index contributed by atoms with van der Waals surface area (Å²) in [6.45, 7) is 4.59. The summed E-state index contributed by atoms with van der Waals surface area (Å²) >= 11 is 0. The first kappa shape index (κ1) is 15.2. The van der Waals surface area contributed by atoms with Crippen LogP contribution in [0.1, 0.15) is 19.8 Å². The summed E-state index contributed by atoms with van der Waals surface area (Å²) < 4.78 is 17.5. The largest absolute Gasteiger partial charge is 0.369 e. The van der Waals surface area contributed by atoms with Crippen molar-refractivity contribution in [3.63, 3.8) is 0 Å². The molecule has 0 spiro atoms. The van der Waals surface area contributed by atoms with Crippen LogP contribution in [0, 0.1) is 29.5 Å². The second-order valence-electron chi connectivity index (χ2n) is 8.11. The van der Waals surface area contributed by atoms with Gasteiger partial charge in [0.05, 0.1) is 16.6 Å². The van der Waals surface area contributed by atoms with Gasteiger partial charge < -0.3 is 4.90 Å². The quantitative estimate of drug-likeness (QED) is 0.856. The lowest BCUT2D eigenvalue weighted by atomic mass is 10.1. The molecule has 2 heterocycles. The normalized spacial score (nSPS) is 27.8. The maximum atomic E-state index is 14.8. The Balaban J connectivity index is 1.68. The lowest BCUT2D eigenvalue weighted by molar-refractivity contribution is 0.578. The van der Waals surface area contributed by atoms with Gasteiger partial charge in [0.25, 0.3) is 5.56 Å². The Morgan fingerprint density at radius 1 is 1.16 bits per heavy atom. The molecule has 0 N–H and O–H groups in total. The summed E-state index contributed by atoms with van der Waals surface area (Å²) in [6, 6.07) is 3.05. The number of rotatable bonds is 3. The van der Waals surface area contributed by atoms with Crippen LogP contribution in [-0.2, 0) is 13.6 Å².